The maximum Gasteiger partial charge on any atom is 0.259 e. The minimum absolute atomic E-state index is 0.134. The molecule has 0 bridgehead atoms. The molecule has 0 aliphatic rings. The third-order valence-corrected chi connectivity index (χ3v) is 3.45. The quantitative estimate of drug-likeness (QED) is 0.886. The minimum atomic E-state index is 0.134. The van der Waals surface area contributed by atoms with Gasteiger partial charge in [0.15, 0.2) is 0 Å². The zero-order chi connectivity index (χ0) is 12.3. The van der Waals surface area contributed by atoms with Crippen LogP contribution in [-0.4, -0.2) is 21.7 Å². The Morgan fingerprint density at radius 2 is 2.24 bits per heavy atom. The predicted octanol–water partition coefficient (Wildman–Crippen LogP) is 2.56. The lowest BCUT2D eigenvalue weighted by Crippen LogP contribution is -2.20. The fraction of sp³-hybridized carbons (Fsp3) is 0.545. The van der Waals surface area contributed by atoms with Crippen molar-refractivity contribution in [2.45, 2.75) is 33.2 Å². The molecule has 2 rings (SSSR count). The monoisotopic (exact) mass is 252 g/mol. The van der Waals surface area contributed by atoms with Crippen LogP contribution in [-0.2, 0) is 0 Å². The predicted molar refractivity (Wildman–Crippen MR) is 66.9 cm³/mol. The molecule has 0 radical (unpaired) electrons. The number of aryl methyl sites for hydroxylation is 1. The van der Waals surface area contributed by atoms with Gasteiger partial charge in [-0.3, -0.25) is 0 Å². The molecule has 0 aromatic carbocycles. The van der Waals surface area contributed by atoms with E-state index in [1.165, 1.54) is 11.3 Å². The lowest BCUT2D eigenvalue weighted by atomic mass is 10.2. The highest BCUT2D eigenvalue weighted by atomic mass is 32.1. The first-order valence-electron chi connectivity index (χ1n) is 5.73. The van der Waals surface area contributed by atoms with Crippen molar-refractivity contribution in [3.05, 3.63) is 17.1 Å². The SMILES string of the molecule is CCNC(CC)c1nnc(-c2scnc2C)o1. The highest BCUT2D eigenvalue weighted by Gasteiger charge is 2.18. The Hall–Kier alpha value is -1.27. The molecule has 2 heterocycles. The molecule has 0 amide bonds. The first-order chi connectivity index (χ1) is 8.26. The summed E-state index contributed by atoms with van der Waals surface area (Å²) >= 11 is 1.52. The summed E-state index contributed by atoms with van der Waals surface area (Å²) in [5.41, 5.74) is 2.72. The van der Waals surface area contributed by atoms with E-state index in [-0.39, 0.29) is 6.04 Å². The van der Waals surface area contributed by atoms with Crippen LogP contribution in [0.3, 0.4) is 0 Å². The van der Waals surface area contributed by atoms with E-state index >= 15 is 0 Å². The summed E-state index contributed by atoms with van der Waals surface area (Å²) in [6.07, 6.45) is 0.928. The van der Waals surface area contributed by atoms with Crippen LogP contribution in [0.4, 0.5) is 0 Å². The molecule has 0 aliphatic heterocycles. The molecule has 0 aliphatic carbocycles. The van der Waals surface area contributed by atoms with Crippen LogP contribution in [0.2, 0.25) is 0 Å². The molecule has 0 fully saturated rings. The number of hydrogen-bond donors (Lipinski definition) is 1. The normalized spacial score (nSPS) is 12.9. The Bertz CT molecular complexity index is 479. The number of nitrogens with zero attached hydrogens (tertiary/aromatic N) is 3. The highest BCUT2D eigenvalue weighted by Crippen LogP contribution is 2.27. The molecule has 17 heavy (non-hydrogen) atoms. The Kier molecular flexibility index (Phi) is 3.86. The van der Waals surface area contributed by atoms with Crippen LogP contribution in [0.5, 0.6) is 0 Å². The van der Waals surface area contributed by atoms with Gasteiger partial charge in [0, 0.05) is 0 Å². The average molecular weight is 252 g/mol. The Morgan fingerprint density at radius 1 is 1.41 bits per heavy atom. The van der Waals surface area contributed by atoms with E-state index in [0.717, 1.165) is 23.5 Å². The summed E-state index contributed by atoms with van der Waals surface area (Å²) in [6.45, 7) is 6.98. The summed E-state index contributed by atoms with van der Waals surface area (Å²) in [7, 11) is 0. The fourth-order valence-electron chi connectivity index (χ4n) is 1.63. The van der Waals surface area contributed by atoms with Crippen LogP contribution in [0, 0.1) is 6.92 Å². The zero-order valence-electron chi connectivity index (χ0n) is 10.2. The Morgan fingerprint density at radius 3 is 2.82 bits per heavy atom. The summed E-state index contributed by atoms with van der Waals surface area (Å²) in [4.78, 5) is 5.13. The van der Waals surface area contributed by atoms with E-state index in [0.29, 0.717) is 11.8 Å². The van der Waals surface area contributed by atoms with Crippen LogP contribution in [0.15, 0.2) is 9.93 Å². The Balaban J connectivity index is 2.24. The van der Waals surface area contributed by atoms with Gasteiger partial charge in [0.1, 0.15) is 4.88 Å². The van der Waals surface area contributed by atoms with Crippen molar-refractivity contribution in [3.8, 4) is 10.8 Å². The molecule has 0 saturated heterocycles. The molecule has 6 heteroatoms. The third kappa shape index (κ3) is 2.53. The smallest absolute Gasteiger partial charge is 0.259 e. The number of rotatable bonds is 5. The molecule has 1 N–H and O–H groups in total. The molecule has 5 nitrogen and oxygen atoms in total. The molecular weight excluding hydrogens is 236 g/mol. The summed E-state index contributed by atoms with van der Waals surface area (Å²) in [6, 6.07) is 0.134. The van der Waals surface area contributed by atoms with Crippen LogP contribution in [0.1, 0.15) is 37.9 Å². The van der Waals surface area contributed by atoms with E-state index in [9.17, 15) is 0 Å². The summed E-state index contributed by atoms with van der Waals surface area (Å²) in [5.74, 6) is 1.22. The summed E-state index contributed by atoms with van der Waals surface area (Å²) < 4.78 is 5.70. The van der Waals surface area contributed by atoms with Gasteiger partial charge in [-0.1, -0.05) is 13.8 Å². The fourth-order valence-corrected chi connectivity index (χ4v) is 2.35. The molecule has 1 unspecified atom stereocenters. The van der Waals surface area contributed by atoms with Crippen molar-refractivity contribution >= 4 is 11.3 Å². The van der Waals surface area contributed by atoms with Crippen molar-refractivity contribution < 1.29 is 4.42 Å². The molecule has 1 atom stereocenters. The van der Waals surface area contributed by atoms with Crippen LogP contribution >= 0.6 is 11.3 Å². The molecule has 92 valence electrons. The Labute approximate surface area is 104 Å². The van der Waals surface area contributed by atoms with Gasteiger partial charge >= 0.3 is 0 Å². The minimum Gasteiger partial charge on any atom is -0.418 e. The van der Waals surface area contributed by atoms with Gasteiger partial charge in [-0.15, -0.1) is 21.5 Å². The van der Waals surface area contributed by atoms with Crippen molar-refractivity contribution in [2.75, 3.05) is 6.54 Å². The number of hydrogen-bond acceptors (Lipinski definition) is 6. The van der Waals surface area contributed by atoms with E-state index in [1.807, 2.05) is 6.92 Å². The largest absolute Gasteiger partial charge is 0.418 e. The summed E-state index contributed by atoms with van der Waals surface area (Å²) in [5, 5.41) is 11.5. The van der Waals surface area contributed by atoms with E-state index in [4.69, 9.17) is 4.42 Å². The van der Waals surface area contributed by atoms with Crippen LogP contribution in [0.25, 0.3) is 10.8 Å². The maximum absolute atomic E-state index is 5.70. The van der Waals surface area contributed by atoms with Crippen molar-refractivity contribution in [3.63, 3.8) is 0 Å². The third-order valence-electron chi connectivity index (χ3n) is 2.54. The molecule has 0 saturated carbocycles. The van der Waals surface area contributed by atoms with Gasteiger partial charge in [-0.05, 0) is 19.9 Å². The molecular formula is C11H16N4OS. The van der Waals surface area contributed by atoms with Crippen molar-refractivity contribution in [1.29, 1.82) is 0 Å². The van der Waals surface area contributed by atoms with Gasteiger partial charge in [0.25, 0.3) is 5.89 Å². The standard InChI is InChI=1S/C11H16N4OS/c1-4-8(12-5-2)10-14-15-11(16-10)9-7(3)13-6-17-9/h6,8,12H,4-5H2,1-3H3. The van der Waals surface area contributed by atoms with Crippen molar-refractivity contribution in [2.24, 2.45) is 0 Å². The lowest BCUT2D eigenvalue weighted by Gasteiger charge is -2.09. The van der Waals surface area contributed by atoms with Gasteiger partial charge < -0.3 is 9.73 Å². The first-order valence-corrected chi connectivity index (χ1v) is 6.61. The molecule has 2 aromatic rings. The van der Waals surface area contributed by atoms with Crippen molar-refractivity contribution in [1.82, 2.24) is 20.5 Å². The van der Waals surface area contributed by atoms with E-state index in [1.54, 1.807) is 5.51 Å². The second-order valence-corrected chi connectivity index (χ2v) is 4.59. The second kappa shape index (κ2) is 5.37. The van der Waals surface area contributed by atoms with Gasteiger partial charge in [0.2, 0.25) is 5.89 Å². The molecule has 2 aromatic heterocycles. The number of thiazole rings is 1. The van der Waals surface area contributed by atoms with E-state index < -0.39 is 0 Å². The highest BCUT2D eigenvalue weighted by molar-refractivity contribution is 7.13. The van der Waals surface area contributed by atoms with Crippen LogP contribution < -0.4 is 5.32 Å². The zero-order valence-corrected chi connectivity index (χ0v) is 11.0. The first kappa shape index (κ1) is 12.2. The maximum atomic E-state index is 5.70. The van der Waals surface area contributed by atoms with E-state index in [2.05, 4.69) is 34.3 Å². The number of aromatic nitrogens is 3. The second-order valence-electron chi connectivity index (χ2n) is 3.73. The van der Waals surface area contributed by atoms with Gasteiger partial charge in [-0.2, -0.15) is 0 Å². The lowest BCUT2D eigenvalue weighted by molar-refractivity contribution is 0.402. The van der Waals surface area contributed by atoms with Gasteiger partial charge in [0.05, 0.1) is 17.2 Å². The number of nitrogens with one attached hydrogen (secondary N) is 1. The topological polar surface area (TPSA) is 63.8 Å². The molecule has 0 spiro atoms. The van der Waals surface area contributed by atoms with Gasteiger partial charge in [-0.25, -0.2) is 4.98 Å². The average Bonchev–Trinajstić information content (AvgIpc) is 2.94.